The summed E-state index contributed by atoms with van der Waals surface area (Å²) in [7, 11) is 0. The van der Waals surface area contributed by atoms with Crippen molar-refractivity contribution in [2.75, 3.05) is 13.1 Å². The van der Waals surface area contributed by atoms with Gasteiger partial charge in [0.2, 0.25) is 0 Å². The van der Waals surface area contributed by atoms with Gasteiger partial charge in [-0.05, 0) is 32.4 Å². The normalized spacial score (nSPS) is 11.3. The van der Waals surface area contributed by atoms with Crippen LogP contribution in [0, 0.1) is 5.92 Å². The first-order valence-corrected chi connectivity index (χ1v) is 6.30. The first kappa shape index (κ1) is 19.2. The first-order chi connectivity index (χ1) is 8.45. The fourth-order valence-electron chi connectivity index (χ4n) is 1.11. The van der Waals surface area contributed by atoms with E-state index in [0.29, 0.717) is 0 Å². The lowest BCUT2D eigenvalue weighted by molar-refractivity contribution is -0.142. The zero-order valence-corrected chi connectivity index (χ0v) is 11.1. The fourth-order valence-corrected chi connectivity index (χ4v) is 1.11. The molecule has 0 heterocycles. The lowest BCUT2D eigenvalue weighted by atomic mass is 10.1. The molecule has 0 spiro atoms. The maximum absolute atomic E-state index is 10.1. The smallest absolute Gasteiger partial charge is 0.306 e. The van der Waals surface area contributed by atoms with Gasteiger partial charge in [-0.3, -0.25) is 9.59 Å². The van der Waals surface area contributed by atoms with Crippen LogP contribution in [-0.4, -0.2) is 35.2 Å². The van der Waals surface area contributed by atoms with Gasteiger partial charge < -0.3 is 21.7 Å². The molecular weight excluding hydrogens is 236 g/mol. The molecule has 0 bridgehead atoms. The van der Waals surface area contributed by atoms with Crippen LogP contribution < -0.4 is 11.5 Å². The monoisotopic (exact) mass is 262 g/mol. The van der Waals surface area contributed by atoms with Gasteiger partial charge in [-0.15, -0.1) is 0 Å². The van der Waals surface area contributed by atoms with Crippen LogP contribution in [-0.2, 0) is 9.59 Å². The van der Waals surface area contributed by atoms with Crippen molar-refractivity contribution in [3.8, 4) is 0 Å². The van der Waals surface area contributed by atoms with Gasteiger partial charge in [0, 0.05) is 6.42 Å². The number of rotatable bonds is 9. The van der Waals surface area contributed by atoms with Crippen LogP contribution in [0.4, 0.5) is 0 Å². The van der Waals surface area contributed by atoms with Gasteiger partial charge in [0.1, 0.15) is 0 Å². The van der Waals surface area contributed by atoms with Gasteiger partial charge >= 0.3 is 11.9 Å². The van der Waals surface area contributed by atoms with Crippen LogP contribution in [0.5, 0.6) is 0 Å². The Kier molecular flexibility index (Phi) is 14.9. The average molecular weight is 262 g/mol. The van der Waals surface area contributed by atoms with Gasteiger partial charge in [-0.1, -0.05) is 19.8 Å². The van der Waals surface area contributed by atoms with E-state index in [1.807, 2.05) is 0 Å². The third kappa shape index (κ3) is 17.3. The molecule has 18 heavy (non-hydrogen) atoms. The van der Waals surface area contributed by atoms with E-state index >= 15 is 0 Å². The molecule has 0 aliphatic rings. The highest BCUT2D eigenvalue weighted by atomic mass is 16.4. The average Bonchev–Trinajstić information content (AvgIpc) is 2.32. The minimum atomic E-state index is -0.951. The molecule has 0 fully saturated rings. The summed E-state index contributed by atoms with van der Waals surface area (Å²) >= 11 is 0. The van der Waals surface area contributed by atoms with Crippen molar-refractivity contribution in [1.29, 1.82) is 0 Å². The highest BCUT2D eigenvalue weighted by Gasteiger charge is 2.11. The van der Waals surface area contributed by atoms with E-state index in [0.717, 1.165) is 25.9 Å². The van der Waals surface area contributed by atoms with Gasteiger partial charge in [-0.25, -0.2) is 0 Å². The molecule has 0 amide bonds. The van der Waals surface area contributed by atoms with E-state index in [9.17, 15) is 9.59 Å². The predicted octanol–water partition coefficient (Wildman–Crippen LogP) is 1.04. The number of nitrogens with two attached hydrogens (primary N) is 2. The van der Waals surface area contributed by atoms with Crippen molar-refractivity contribution < 1.29 is 19.8 Å². The quantitative estimate of drug-likeness (QED) is 0.460. The van der Waals surface area contributed by atoms with Crippen molar-refractivity contribution in [3.05, 3.63) is 0 Å². The minimum Gasteiger partial charge on any atom is -0.481 e. The SMILES string of the molecule is CC(CCC(=O)O)C(=O)O.NCCCCCCN. The molecule has 0 rings (SSSR count). The largest absolute Gasteiger partial charge is 0.481 e. The number of carboxylic acids is 2. The molecule has 0 aromatic rings. The minimum absolute atomic E-state index is 0.0759. The molecule has 0 aliphatic heterocycles. The van der Waals surface area contributed by atoms with Crippen LogP contribution in [0.1, 0.15) is 45.4 Å². The van der Waals surface area contributed by atoms with E-state index in [1.165, 1.54) is 19.8 Å². The maximum atomic E-state index is 10.1. The van der Waals surface area contributed by atoms with E-state index in [2.05, 4.69) is 0 Å². The van der Waals surface area contributed by atoms with E-state index < -0.39 is 17.9 Å². The second-order valence-corrected chi connectivity index (χ2v) is 4.16. The van der Waals surface area contributed by atoms with E-state index in [4.69, 9.17) is 21.7 Å². The maximum Gasteiger partial charge on any atom is 0.306 e. The van der Waals surface area contributed by atoms with Crippen molar-refractivity contribution in [3.63, 3.8) is 0 Å². The Morgan fingerprint density at radius 3 is 1.72 bits per heavy atom. The number of carbonyl (C=O) groups is 2. The summed E-state index contributed by atoms with van der Waals surface area (Å²) in [6.07, 6.45) is 4.92. The molecule has 0 aromatic carbocycles. The van der Waals surface area contributed by atoms with Crippen molar-refractivity contribution >= 4 is 11.9 Å². The molecular formula is C12H26N2O4. The van der Waals surface area contributed by atoms with Crippen LogP contribution in [0.3, 0.4) is 0 Å². The zero-order chi connectivity index (χ0) is 14.4. The molecule has 0 saturated carbocycles. The second-order valence-electron chi connectivity index (χ2n) is 4.16. The highest BCUT2D eigenvalue weighted by Crippen LogP contribution is 2.04. The van der Waals surface area contributed by atoms with Gasteiger partial charge in [0.25, 0.3) is 0 Å². The van der Waals surface area contributed by atoms with Crippen LogP contribution in [0.15, 0.2) is 0 Å². The Balaban J connectivity index is 0. The highest BCUT2D eigenvalue weighted by molar-refractivity contribution is 5.71. The topological polar surface area (TPSA) is 127 Å². The molecule has 6 N–H and O–H groups in total. The molecule has 0 aliphatic carbocycles. The first-order valence-electron chi connectivity index (χ1n) is 6.30. The molecule has 0 aromatic heterocycles. The summed E-state index contributed by atoms with van der Waals surface area (Å²) < 4.78 is 0. The summed E-state index contributed by atoms with van der Waals surface area (Å²) in [5, 5.41) is 16.5. The number of hydrogen-bond donors (Lipinski definition) is 4. The molecule has 108 valence electrons. The van der Waals surface area contributed by atoms with E-state index in [-0.39, 0.29) is 12.8 Å². The third-order valence-corrected chi connectivity index (χ3v) is 2.37. The zero-order valence-electron chi connectivity index (χ0n) is 11.1. The molecule has 0 saturated heterocycles. The second kappa shape index (κ2) is 13.9. The number of hydrogen-bond acceptors (Lipinski definition) is 4. The molecule has 6 heteroatoms. The Bertz CT molecular complexity index is 216. The summed E-state index contributed by atoms with van der Waals surface area (Å²) in [6, 6.07) is 0. The number of carboxylic acid groups (broad SMARTS) is 2. The van der Waals surface area contributed by atoms with E-state index in [1.54, 1.807) is 0 Å². The molecule has 0 radical (unpaired) electrons. The molecule has 1 atom stereocenters. The van der Waals surface area contributed by atoms with Gasteiger partial charge in [0.05, 0.1) is 5.92 Å². The van der Waals surface area contributed by atoms with Crippen molar-refractivity contribution in [2.24, 2.45) is 17.4 Å². The summed E-state index contributed by atoms with van der Waals surface area (Å²) in [5.41, 5.74) is 10.6. The molecule has 6 nitrogen and oxygen atoms in total. The third-order valence-electron chi connectivity index (χ3n) is 2.37. The number of unbranched alkanes of at least 4 members (excludes halogenated alkanes) is 3. The Hall–Kier alpha value is -1.14. The molecule has 1 unspecified atom stereocenters. The van der Waals surface area contributed by atoms with Crippen LogP contribution >= 0.6 is 0 Å². The standard InChI is InChI=1S/C6H16N2.C6H10O4/c7-5-3-1-2-4-6-8;1-4(6(9)10)2-3-5(7)8/h1-8H2;4H,2-3H2,1H3,(H,7,8)(H,9,10). The number of aliphatic carboxylic acids is 2. The summed E-state index contributed by atoms with van der Waals surface area (Å²) in [4.78, 5) is 20.1. The van der Waals surface area contributed by atoms with Gasteiger partial charge in [0.15, 0.2) is 0 Å². The lowest BCUT2D eigenvalue weighted by Crippen LogP contribution is -2.11. The summed E-state index contributed by atoms with van der Waals surface area (Å²) in [6.45, 7) is 3.14. The lowest BCUT2D eigenvalue weighted by Gasteiger charge is -2.01. The van der Waals surface area contributed by atoms with Crippen molar-refractivity contribution in [1.82, 2.24) is 0 Å². The Morgan fingerprint density at radius 2 is 1.44 bits per heavy atom. The van der Waals surface area contributed by atoms with Crippen LogP contribution in [0.2, 0.25) is 0 Å². The van der Waals surface area contributed by atoms with Crippen LogP contribution in [0.25, 0.3) is 0 Å². The Labute approximate surface area is 108 Å². The fraction of sp³-hybridized carbons (Fsp3) is 0.833. The van der Waals surface area contributed by atoms with Gasteiger partial charge in [-0.2, -0.15) is 0 Å². The Morgan fingerprint density at radius 1 is 1.00 bits per heavy atom. The summed E-state index contributed by atoms with van der Waals surface area (Å²) in [5.74, 6) is -2.45. The predicted molar refractivity (Wildman–Crippen MR) is 70.2 cm³/mol. The van der Waals surface area contributed by atoms with Crippen molar-refractivity contribution in [2.45, 2.75) is 45.4 Å².